The van der Waals surface area contributed by atoms with Crippen molar-refractivity contribution in [3.63, 3.8) is 0 Å². The largest absolute Gasteiger partial charge is 0.444 e. The number of ether oxygens (including phenoxy) is 1. The minimum Gasteiger partial charge on any atom is -0.444 e. The van der Waals surface area contributed by atoms with Crippen molar-refractivity contribution >= 4 is 17.9 Å². The second-order valence-corrected chi connectivity index (χ2v) is 5.85. The summed E-state index contributed by atoms with van der Waals surface area (Å²) in [5.74, 6) is -0.835. The second kappa shape index (κ2) is 5.20. The highest BCUT2D eigenvalue weighted by Gasteiger charge is 2.39. The summed E-state index contributed by atoms with van der Waals surface area (Å²) in [6.07, 6.45) is -1.46. The van der Waals surface area contributed by atoms with E-state index in [2.05, 4.69) is 5.32 Å². The molecule has 1 atom stereocenters. The molecule has 0 bridgehead atoms. The quantitative estimate of drug-likeness (QED) is 0.847. The fourth-order valence-electron chi connectivity index (χ4n) is 2.10. The molecule has 0 saturated heterocycles. The summed E-state index contributed by atoms with van der Waals surface area (Å²) in [6.45, 7) is 6.77. The third-order valence-electron chi connectivity index (χ3n) is 2.94. The molecule has 0 saturated carbocycles. The molecule has 2 rings (SSSR count). The van der Waals surface area contributed by atoms with Gasteiger partial charge in [0.25, 0.3) is 11.8 Å². The normalized spacial score (nSPS) is 15.7. The second-order valence-electron chi connectivity index (χ2n) is 5.85. The van der Waals surface area contributed by atoms with E-state index in [9.17, 15) is 14.4 Å². The van der Waals surface area contributed by atoms with E-state index in [1.807, 2.05) is 0 Å². The Balaban J connectivity index is 2.12. The fourth-order valence-corrected chi connectivity index (χ4v) is 2.10. The number of benzene rings is 1. The number of nitrogens with one attached hydrogen (secondary N) is 1. The van der Waals surface area contributed by atoms with Crippen molar-refractivity contribution < 1.29 is 19.1 Å². The number of hydrogen-bond acceptors (Lipinski definition) is 4. The molecule has 0 spiro atoms. The van der Waals surface area contributed by atoms with Gasteiger partial charge >= 0.3 is 6.09 Å². The molecule has 21 heavy (non-hydrogen) atoms. The van der Waals surface area contributed by atoms with Gasteiger partial charge in [-0.15, -0.1) is 0 Å². The molecule has 1 aliphatic heterocycles. The molecule has 1 heterocycles. The molecule has 1 aromatic carbocycles. The Bertz CT molecular complexity index is 569. The highest BCUT2D eigenvalue weighted by Crippen LogP contribution is 2.23. The molecule has 112 valence electrons. The molecule has 1 aliphatic rings. The Morgan fingerprint density at radius 2 is 1.62 bits per heavy atom. The first-order valence-corrected chi connectivity index (χ1v) is 6.67. The van der Waals surface area contributed by atoms with Crippen LogP contribution >= 0.6 is 0 Å². The Morgan fingerprint density at radius 3 is 2.05 bits per heavy atom. The summed E-state index contributed by atoms with van der Waals surface area (Å²) in [7, 11) is 0. The van der Waals surface area contributed by atoms with Crippen molar-refractivity contribution in [2.45, 2.75) is 39.5 Å². The lowest BCUT2D eigenvalue weighted by Gasteiger charge is -2.26. The molecule has 0 aliphatic carbocycles. The number of carbonyl (C=O) groups is 3. The maximum Gasteiger partial charge on any atom is 0.409 e. The standard InChI is InChI=1S/C15H18N2O4/c1-9(16-14(20)21-15(2,3)4)17-12(18)10-7-5-6-8-11(10)13(17)19/h5-9H,1-4H3,(H,16,20). The summed E-state index contributed by atoms with van der Waals surface area (Å²) >= 11 is 0. The molecule has 6 nitrogen and oxygen atoms in total. The Morgan fingerprint density at radius 1 is 1.14 bits per heavy atom. The topological polar surface area (TPSA) is 75.7 Å². The van der Waals surface area contributed by atoms with E-state index >= 15 is 0 Å². The zero-order valence-electron chi connectivity index (χ0n) is 12.5. The Kier molecular flexibility index (Phi) is 3.72. The van der Waals surface area contributed by atoms with Gasteiger partial charge in [-0.2, -0.15) is 0 Å². The molecule has 0 fully saturated rings. The van der Waals surface area contributed by atoms with E-state index in [1.165, 1.54) is 0 Å². The van der Waals surface area contributed by atoms with Crippen molar-refractivity contribution in [2.24, 2.45) is 0 Å². The van der Waals surface area contributed by atoms with Gasteiger partial charge in [0.1, 0.15) is 11.8 Å². The predicted octanol–water partition coefficient (Wildman–Crippen LogP) is 2.15. The third kappa shape index (κ3) is 3.04. The molecular formula is C15H18N2O4. The SMILES string of the molecule is CC(NC(=O)OC(C)(C)C)N1C(=O)c2ccccc2C1=O. The number of rotatable bonds is 2. The van der Waals surface area contributed by atoms with Crippen molar-refractivity contribution in [3.05, 3.63) is 35.4 Å². The van der Waals surface area contributed by atoms with Crippen molar-refractivity contribution in [1.29, 1.82) is 0 Å². The molecule has 6 heteroatoms. The number of imide groups is 1. The van der Waals surface area contributed by atoms with E-state index in [0.29, 0.717) is 11.1 Å². The van der Waals surface area contributed by atoms with E-state index < -0.39 is 29.7 Å². The highest BCUT2D eigenvalue weighted by molar-refractivity contribution is 6.21. The molecule has 1 unspecified atom stereocenters. The third-order valence-corrected chi connectivity index (χ3v) is 2.94. The lowest BCUT2D eigenvalue weighted by molar-refractivity contribution is 0.0404. The van der Waals surface area contributed by atoms with Crippen LogP contribution in [0.5, 0.6) is 0 Å². The fraction of sp³-hybridized carbons (Fsp3) is 0.400. The van der Waals surface area contributed by atoms with Gasteiger partial charge in [0.2, 0.25) is 0 Å². The summed E-state index contributed by atoms with van der Waals surface area (Å²) in [5.41, 5.74) is 0.0480. The van der Waals surface area contributed by atoms with E-state index in [1.54, 1.807) is 52.0 Å². The van der Waals surface area contributed by atoms with E-state index in [-0.39, 0.29) is 0 Å². The van der Waals surface area contributed by atoms with Crippen molar-refractivity contribution in [1.82, 2.24) is 10.2 Å². The van der Waals surface area contributed by atoms with Gasteiger partial charge in [-0.25, -0.2) is 4.79 Å². The number of carbonyl (C=O) groups excluding carboxylic acids is 3. The molecule has 0 radical (unpaired) electrons. The van der Waals surface area contributed by atoms with Gasteiger partial charge in [0.05, 0.1) is 11.1 Å². The first-order valence-electron chi connectivity index (χ1n) is 6.67. The molecule has 1 aromatic rings. The minimum absolute atomic E-state index is 0.348. The molecule has 3 amide bonds. The first kappa shape index (κ1) is 15.0. The van der Waals surface area contributed by atoms with Gasteiger partial charge < -0.3 is 10.1 Å². The zero-order valence-corrected chi connectivity index (χ0v) is 12.5. The monoisotopic (exact) mass is 290 g/mol. The smallest absolute Gasteiger partial charge is 0.409 e. The first-order chi connectivity index (χ1) is 9.70. The van der Waals surface area contributed by atoms with Crippen LogP contribution in [0.1, 0.15) is 48.4 Å². The van der Waals surface area contributed by atoms with Gasteiger partial charge in [-0.3, -0.25) is 14.5 Å². The van der Waals surface area contributed by atoms with Crippen LogP contribution in [0.15, 0.2) is 24.3 Å². The van der Waals surface area contributed by atoms with Crippen LogP contribution in [0.2, 0.25) is 0 Å². The van der Waals surface area contributed by atoms with E-state index in [4.69, 9.17) is 4.74 Å². The molecule has 1 N–H and O–H groups in total. The molecule has 0 aromatic heterocycles. The number of hydrogen-bond donors (Lipinski definition) is 1. The molecular weight excluding hydrogens is 272 g/mol. The van der Waals surface area contributed by atoms with Gasteiger partial charge in [-0.1, -0.05) is 12.1 Å². The lowest BCUT2D eigenvalue weighted by atomic mass is 10.1. The number of fused-ring (bicyclic) bond motifs is 1. The number of amides is 3. The van der Waals surface area contributed by atoms with Crippen molar-refractivity contribution in [2.75, 3.05) is 0 Å². The van der Waals surface area contributed by atoms with Gasteiger partial charge in [-0.05, 0) is 39.8 Å². The van der Waals surface area contributed by atoms with Crippen LogP contribution in [0.4, 0.5) is 4.79 Å². The predicted molar refractivity (Wildman–Crippen MR) is 75.8 cm³/mol. The summed E-state index contributed by atoms with van der Waals surface area (Å²) in [5, 5.41) is 2.50. The summed E-state index contributed by atoms with van der Waals surface area (Å²) in [4.78, 5) is 37.2. The van der Waals surface area contributed by atoms with Gasteiger partial charge in [0, 0.05) is 0 Å². The number of nitrogens with zero attached hydrogens (tertiary/aromatic N) is 1. The Labute approximate surface area is 123 Å². The van der Waals surface area contributed by atoms with Crippen LogP contribution in [-0.2, 0) is 4.74 Å². The van der Waals surface area contributed by atoms with Crippen LogP contribution in [0.25, 0.3) is 0 Å². The average Bonchev–Trinajstić information content (AvgIpc) is 2.60. The number of alkyl carbamates (subject to hydrolysis) is 1. The lowest BCUT2D eigenvalue weighted by Crippen LogP contribution is -2.50. The highest BCUT2D eigenvalue weighted by atomic mass is 16.6. The summed E-state index contributed by atoms with van der Waals surface area (Å²) < 4.78 is 5.12. The van der Waals surface area contributed by atoms with E-state index in [0.717, 1.165) is 4.90 Å². The zero-order chi connectivity index (χ0) is 15.8. The Hall–Kier alpha value is -2.37. The van der Waals surface area contributed by atoms with Crippen molar-refractivity contribution in [3.8, 4) is 0 Å². The average molecular weight is 290 g/mol. The maximum atomic E-state index is 12.2. The minimum atomic E-state index is -0.785. The van der Waals surface area contributed by atoms with Crippen LogP contribution in [-0.4, -0.2) is 34.6 Å². The van der Waals surface area contributed by atoms with Gasteiger partial charge in [0.15, 0.2) is 0 Å². The summed E-state index contributed by atoms with van der Waals surface area (Å²) in [6, 6.07) is 6.57. The maximum absolute atomic E-state index is 12.2. The van der Waals surface area contributed by atoms with Crippen LogP contribution in [0, 0.1) is 0 Å². The van der Waals surface area contributed by atoms with Crippen LogP contribution < -0.4 is 5.32 Å². The van der Waals surface area contributed by atoms with Crippen LogP contribution in [0.3, 0.4) is 0 Å².